The molecule has 1 aliphatic rings. The van der Waals surface area contributed by atoms with Crippen LogP contribution in [0, 0.1) is 0 Å². The quantitative estimate of drug-likeness (QED) is 0.879. The Bertz CT molecular complexity index is 378. The Kier molecular flexibility index (Phi) is 3.86. The van der Waals surface area contributed by atoms with Gasteiger partial charge in [0, 0.05) is 5.56 Å². The molecule has 17 heavy (non-hydrogen) atoms. The summed E-state index contributed by atoms with van der Waals surface area (Å²) in [6.45, 7) is 5.11. The predicted octanol–water partition coefficient (Wildman–Crippen LogP) is 2.61. The minimum atomic E-state index is -0.362. The van der Waals surface area contributed by atoms with E-state index >= 15 is 0 Å². The fourth-order valence-electron chi connectivity index (χ4n) is 1.78. The van der Waals surface area contributed by atoms with Crippen molar-refractivity contribution in [2.45, 2.75) is 32.7 Å². The third-order valence-corrected chi connectivity index (χ3v) is 2.71. The van der Waals surface area contributed by atoms with E-state index in [0.717, 1.165) is 12.0 Å². The average molecular weight is 238 g/mol. The Labute approximate surface area is 101 Å². The molecule has 1 heterocycles. The summed E-state index contributed by atoms with van der Waals surface area (Å²) in [7, 11) is 0. The number of hydrogen-bond donors (Lipinski definition) is 1. The predicted molar refractivity (Wildman–Crippen MR) is 63.1 cm³/mol. The summed E-state index contributed by atoms with van der Waals surface area (Å²) in [5.41, 5.74) is 0.873. The highest BCUT2D eigenvalue weighted by molar-refractivity contribution is 5.42. The fourth-order valence-corrected chi connectivity index (χ4v) is 1.78. The molecule has 0 spiro atoms. The van der Waals surface area contributed by atoms with E-state index < -0.39 is 0 Å². The first-order chi connectivity index (χ1) is 8.20. The maximum Gasteiger partial charge on any atom is 0.184 e. The summed E-state index contributed by atoms with van der Waals surface area (Å²) < 4.78 is 16.6. The molecule has 0 radical (unpaired) electrons. The summed E-state index contributed by atoms with van der Waals surface area (Å²) in [5, 5.41) is 9.61. The van der Waals surface area contributed by atoms with E-state index in [1.54, 1.807) is 18.2 Å². The fraction of sp³-hybridized carbons (Fsp3) is 0.538. The van der Waals surface area contributed by atoms with Crippen LogP contribution in [0.15, 0.2) is 18.2 Å². The molecule has 1 fully saturated rings. The number of hydrogen-bond acceptors (Lipinski definition) is 4. The van der Waals surface area contributed by atoms with Gasteiger partial charge >= 0.3 is 0 Å². The van der Waals surface area contributed by atoms with Gasteiger partial charge < -0.3 is 19.3 Å². The average Bonchev–Trinajstić information content (AvgIpc) is 2.32. The molecule has 0 bridgehead atoms. The van der Waals surface area contributed by atoms with Crippen molar-refractivity contribution in [2.75, 3.05) is 13.2 Å². The lowest BCUT2D eigenvalue weighted by Gasteiger charge is -2.28. The van der Waals surface area contributed by atoms with Crippen molar-refractivity contribution in [3.05, 3.63) is 23.8 Å². The standard InChI is InChI=1S/C13H18O4/c1-3-15-12-8-10(4-5-11(12)14)13-16-7-6-9(2)17-13/h4-5,8-9,13-14H,3,6-7H2,1-2H3/t9-,13+/m1/s1. The van der Waals surface area contributed by atoms with Gasteiger partial charge in [-0.25, -0.2) is 0 Å². The van der Waals surface area contributed by atoms with Gasteiger partial charge in [0.15, 0.2) is 17.8 Å². The third kappa shape index (κ3) is 2.90. The van der Waals surface area contributed by atoms with E-state index in [-0.39, 0.29) is 18.1 Å². The van der Waals surface area contributed by atoms with Crippen LogP contribution in [0.3, 0.4) is 0 Å². The molecule has 0 saturated carbocycles. The van der Waals surface area contributed by atoms with Crippen LogP contribution in [0.5, 0.6) is 11.5 Å². The Balaban J connectivity index is 2.17. The van der Waals surface area contributed by atoms with Crippen LogP contribution >= 0.6 is 0 Å². The molecule has 94 valence electrons. The van der Waals surface area contributed by atoms with Crippen LogP contribution in [0.25, 0.3) is 0 Å². The van der Waals surface area contributed by atoms with E-state index in [1.807, 2.05) is 13.8 Å². The Morgan fingerprint density at radius 3 is 3.00 bits per heavy atom. The van der Waals surface area contributed by atoms with Crippen LogP contribution < -0.4 is 4.74 Å². The van der Waals surface area contributed by atoms with Gasteiger partial charge in [-0.2, -0.15) is 0 Å². The van der Waals surface area contributed by atoms with E-state index in [0.29, 0.717) is 19.0 Å². The van der Waals surface area contributed by atoms with Crippen molar-refractivity contribution >= 4 is 0 Å². The minimum Gasteiger partial charge on any atom is -0.504 e. The zero-order valence-corrected chi connectivity index (χ0v) is 10.2. The number of aromatic hydroxyl groups is 1. The molecule has 0 aromatic heterocycles. The molecule has 4 nitrogen and oxygen atoms in total. The molecule has 1 aliphatic heterocycles. The normalized spacial score (nSPS) is 24.6. The van der Waals surface area contributed by atoms with Gasteiger partial charge in [0.05, 0.1) is 19.3 Å². The first-order valence-electron chi connectivity index (χ1n) is 5.93. The molecular weight excluding hydrogens is 220 g/mol. The van der Waals surface area contributed by atoms with Gasteiger partial charge in [-0.3, -0.25) is 0 Å². The second-order valence-electron chi connectivity index (χ2n) is 4.10. The first-order valence-corrected chi connectivity index (χ1v) is 5.93. The maximum atomic E-state index is 9.61. The molecular formula is C13H18O4. The van der Waals surface area contributed by atoms with Crippen LogP contribution in [0.4, 0.5) is 0 Å². The number of benzene rings is 1. The van der Waals surface area contributed by atoms with Gasteiger partial charge in [0.2, 0.25) is 0 Å². The van der Waals surface area contributed by atoms with Gasteiger partial charge in [-0.05, 0) is 32.4 Å². The summed E-state index contributed by atoms with van der Waals surface area (Å²) in [5.74, 6) is 0.606. The van der Waals surface area contributed by atoms with Crippen molar-refractivity contribution in [1.82, 2.24) is 0 Å². The molecule has 4 heteroatoms. The van der Waals surface area contributed by atoms with Crippen molar-refractivity contribution < 1.29 is 19.3 Å². The number of rotatable bonds is 3. The van der Waals surface area contributed by atoms with Crippen molar-refractivity contribution in [3.63, 3.8) is 0 Å². The van der Waals surface area contributed by atoms with Crippen molar-refractivity contribution in [3.8, 4) is 11.5 Å². The Hall–Kier alpha value is -1.26. The monoisotopic (exact) mass is 238 g/mol. The Morgan fingerprint density at radius 2 is 2.29 bits per heavy atom. The lowest BCUT2D eigenvalue weighted by molar-refractivity contribution is -0.212. The van der Waals surface area contributed by atoms with Crippen molar-refractivity contribution in [1.29, 1.82) is 0 Å². The van der Waals surface area contributed by atoms with E-state index in [1.165, 1.54) is 0 Å². The molecule has 0 unspecified atom stereocenters. The number of phenolic OH excluding ortho intramolecular Hbond substituents is 1. The maximum absolute atomic E-state index is 9.61. The van der Waals surface area contributed by atoms with Gasteiger partial charge in [-0.15, -0.1) is 0 Å². The molecule has 2 rings (SSSR count). The van der Waals surface area contributed by atoms with Crippen LogP contribution in [0.2, 0.25) is 0 Å². The number of ether oxygens (including phenoxy) is 3. The van der Waals surface area contributed by atoms with Gasteiger partial charge in [0.1, 0.15) is 0 Å². The van der Waals surface area contributed by atoms with Crippen LogP contribution in [-0.2, 0) is 9.47 Å². The van der Waals surface area contributed by atoms with Crippen LogP contribution in [0.1, 0.15) is 32.1 Å². The Morgan fingerprint density at radius 1 is 1.47 bits per heavy atom. The second kappa shape index (κ2) is 5.38. The molecule has 1 saturated heterocycles. The van der Waals surface area contributed by atoms with E-state index in [4.69, 9.17) is 14.2 Å². The van der Waals surface area contributed by atoms with Gasteiger partial charge in [-0.1, -0.05) is 6.07 Å². The number of phenols is 1. The topological polar surface area (TPSA) is 47.9 Å². The smallest absolute Gasteiger partial charge is 0.184 e. The summed E-state index contributed by atoms with van der Waals surface area (Å²) in [6, 6.07) is 5.16. The zero-order chi connectivity index (χ0) is 12.3. The van der Waals surface area contributed by atoms with E-state index in [9.17, 15) is 5.11 Å². The summed E-state index contributed by atoms with van der Waals surface area (Å²) in [4.78, 5) is 0. The van der Waals surface area contributed by atoms with Gasteiger partial charge in [0.25, 0.3) is 0 Å². The van der Waals surface area contributed by atoms with Crippen LogP contribution in [-0.4, -0.2) is 24.4 Å². The summed E-state index contributed by atoms with van der Waals surface area (Å²) in [6.07, 6.45) is 0.740. The highest BCUT2D eigenvalue weighted by Gasteiger charge is 2.22. The zero-order valence-electron chi connectivity index (χ0n) is 10.2. The minimum absolute atomic E-state index is 0.138. The molecule has 1 N–H and O–H groups in total. The molecule has 1 aromatic rings. The molecule has 1 aromatic carbocycles. The molecule has 2 atom stereocenters. The third-order valence-electron chi connectivity index (χ3n) is 2.71. The first kappa shape index (κ1) is 12.2. The molecule has 0 amide bonds. The highest BCUT2D eigenvalue weighted by Crippen LogP contribution is 2.33. The summed E-state index contributed by atoms with van der Waals surface area (Å²) >= 11 is 0. The van der Waals surface area contributed by atoms with E-state index in [2.05, 4.69) is 0 Å². The van der Waals surface area contributed by atoms with Crippen molar-refractivity contribution in [2.24, 2.45) is 0 Å². The largest absolute Gasteiger partial charge is 0.504 e. The lowest BCUT2D eigenvalue weighted by atomic mass is 10.1. The lowest BCUT2D eigenvalue weighted by Crippen LogP contribution is -2.24. The SMILES string of the molecule is CCOc1cc([C@H]2OCC[C@@H](C)O2)ccc1O. The second-order valence-corrected chi connectivity index (χ2v) is 4.10. The molecule has 0 aliphatic carbocycles. The highest BCUT2D eigenvalue weighted by atomic mass is 16.7.